The first kappa shape index (κ1) is 12.6. The lowest BCUT2D eigenvalue weighted by Gasteiger charge is -2.08. The maximum absolute atomic E-state index is 11.0. The first-order valence-electron chi connectivity index (χ1n) is 5.57. The van der Waals surface area contributed by atoms with Crippen molar-refractivity contribution < 1.29 is 9.53 Å². The van der Waals surface area contributed by atoms with Crippen molar-refractivity contribution in [3.63, 3.8) is 0 Å². The van der Waals surface area contributed by atoms with Crippen LogP contribution in [0.1, 0.15) is 31.7 Å². The monoisotopic (exact) mass is 221 g/mol. The van der Waals surface area contributed by atoms with Gasteiger partial charge in [-0.2, -0.15) is 0 Å². The van der Waals surface area contributed by atoms with Gasteiger partial charge in [-0.1, -0.05) is 26.0 Å². The molecule has 0 bridgehead atoms. The fourth-order valence-electron chi connectivity index (χ4n) is 1.34. The van der Waals surface area contributed by atoms with Gasteiger partial charge in [-0.05, 0) is 23.6 Å². The minimum atomic E-state index is -0.00111. The number of hydrogen-bond acceptors (Lipinski definition) is 2. The molecule has 0 saturated heterocycles. The second-order valence-corrected chi connectivity index (χ2v) is 4.00. The van der Waals surface area contributed by atoms with Gasteiger partial charge in [0.15, 0.2) is 0 Å². The zero-order chi connectivity index (χ0) is 12.0. The molecular weight excluding hydrogens is 202 g/mol. The van der Waals surface area contributed by atoms with E-state index in [4.69, 9.17) is 4.74 Å². The van der Waals surface area contributed by atoms with Gasteiger partial charge in [0.05, 0.1) is 13.0 Å². The Balaban J connectivity index is 2.40. The molecule has 0 atom stereocenters. The molecule has 0 spiro atoms. The molecule has 1 rings (SSSR count). The number of benzene rings is 1. The van der Waals surface area contributed by atoms with E-state index in [2.05, 4.69) is 31.3 Å². The van der Waals surface area contributed by atoms with Gasteiger partial charge in [-0.25, -0.2) is 0 Å². The highest BCUT2D eigenvalue weighted by Crippen LogP contribution is 2.18. The molecule has 1 aromatic rings. The van der Waals surface area contributed by atoms with Crippen molar-refractivity contribution in [1.29, 1.82) is 0 Å². The molecule has 0 unspecified atom stereocenters. The molecule has 0 aliphatic heterocycles. The highest BCUT2D eigenvalue weighted by molar-refractivity contribution is 5.75. The summed E-state index contributed by atoms with van der Waals surface area (Å²) >= 11 is 0. The first-order chi connectivity index (χ1) is 7.63. The van der Waals surface area contributed by atoms with Crippen LogP contribution < -0.4 is 10.1 Å². The Morgan fingerprint density at radius 1 is 1.31 bits per heavy atom. The normalized spacial score (nSPS) is 10.2. The van der Waals surface area contributed by atoms with Crippen LogP contribution in [0.2, 0.25) is 0 Å². The third kappa shape index (κ3) is 3.93. The Morgan fingerprint density at radius 2 is 1.94 bits per heavy atom. The Morgan fingerprint density at radius 3 is 2.44 bits per heavy atom. The topological polar surface area (TPSA) is 38.3 Å². The van der Waals surface area contributed by atoms with E-state index in [1.165, 1.54) is 5.56 Å². The number of nitrogens with one attached hydrogen (secondary N) is 1. The minimum absolute atomic E-state index is 0.00111. The van der Waals surface area contributed by atoms with Crippen LogP contribution in [-0.4, -0.2) is 19.6 Å². The number of hydrogen-bond donors (Lipinski definition) is 1. The van der Waals surface area contributed by atoms with Gasteiger partial charge in [0.25, 0.3) is 0 Å². The number of ether oxygens (including phenoxy) is 1. The summed E-state index contributed by atoms with van der Waals surface area (Å²) in [7, 11) is 1.62. The Bertz CT molecular complexity index is 330. The second kappa shape index (κ2) is 6.16. The lowest BCUT2D eigenvalue weighted by atomic mass is 10.0. The minimum Gasteiger partial charge on any atom is -0.493 e. The van der Waals surface area contributed by atoms with Gasteiger partial charge in [0, 0.05) is 7.05 Å². The van der Waals surface area contributed by atoms with E-state index in [-0.39, 0.29) is 5.91 Å². The van der Waals surface area contributed by atoms with Crippen molar-refractivity contribution in [2.45, 2.75) is 26.2 Å². The van der Waals surface area contributed by atoms with E-state index in [9.17, 15) is 4.79 Å². The largest absolute Gasteiger partial charge is 0.493 e. The molecule has 1 aromatic carbocycles. The molecule has 0 heterocycles. The van der Waals surface area contributed by atoms with Gasteiger partial charge in [0.1, 0.15) is 5.75 Å². The van der Waals surface area contributed by atoms with Gasteiger partial charge in [-0.3, -0.25) is 4.79 Å². The summed E-state index contributed by atoms with van der Waals surface area (Å²) in [6.45, 7) is 4.73. The molecule has 0 aliphatic carbocycles. The molecule has 1 N–H and O–H groups in total. The number of rotatable bonds is 5. The van der Waals surface area contributed by atoms with Crippen LogP contribution in [-0.2, 0) is 4.79 Å². The van der Waals surface area contributed by atoms with Crippen LogP contribution in [0.5, 0.6) is 5.75 Å². The van der Waals surface area contributed by atoms with Crippen molar-refractivity contribution in [2.24, 2.45) is 0 Å². The van der Waals surface area contributed by atoms with Crippen molar-refractivity contribution in [2.75, 3.05) is 13.7 Å². The number of carbonyl (C=O) groups is 1. The first-order valence-corrected chi connectivity index (χ1v) is 5.57. The standard InChI is InChI=1S/C13H19NO2/c1-10(2)11-4-6-12(7-5-11)16-9-8-13(15)14-3/h4-7,10H,8-9H2,1-3H3,(H,14,15). The zero-order valence-corrected chi connectivity index (χ0v) is 10.1. The molecule has 0 radical (unpaired) electrons. The Labute approximate surface area is 96.8 Å². The SMILES string of the molecule is CNC(=O)CCOc1ccc(C(C)C)cc1. The van der Waals surface area contributed by atoms with Crippen molar-refractivity contribution in [1.82, 2.24) is 5.32 Å². The molecule has 3 heteroatoms. The Kier molecular flexibility index (Phi) is 4.83. The molecule has 0 aliphatic rings. The summed E-state index contributed by atoms with van der Waals surface area (Å²) < 4.78 is 5.45. The number of amides is 1. The summed E-state index contributed by atoms with van der Waals surface area (Å²) in [5, 5.41) is 2.56. The van der Waals surface area contributed by atoms with Crippen LogP contribution in [0.4, 0.5) is 0 Å². The summed E-state index contributed by atoms with van der Waals surface area (Å²) in [5.74, 6) is 1.34. The summed E-state index contributed by atoms with van der Waals surface area (Å²) in [5.41, 5.74) is 1.29. The van der Waals surface area contributed by atoms with Crippen LogP contribution in [0.3, 0.4) is 0 Å². The van der Waals surface area contributed by atoms with E-state index in [0.717, 1.165) is 5.75 Å². The van der Waals surface area contributed by atoms with E-state index < -0.39 is 0 Å². The third-order valence-corrected chi connectivity index (χ3v) is 2.42. The van der Waals surface area contributed by atoms with Crippen molar-refractivity contribution in [3.8, 4) is 5.75 Å². The predicted octanol–water partition coefficient (Wildman–Crippen LogP) is 2.32. The van der Waals surface area contributed by atoms with Crippen LogP contribution in [0.15, 0.2) is 24.3 Å². The summed E-state index contributed by atoms with van der Waals surface area (Å²) in [6.07, 6.45) is 0.391. The average molecular weight is 221 g/mol. The lowest BCUT2D eigenvalue weighted by molar-refractivity contribution is -0.121. The van der Waals surface area contributed by atoms with Gasteiger partial charge >= 0.3 is 0 Å². The fourth-order valence-corrected chi connectivity index (χ4v) is 1.34. The van der Waals surface area contributed by atoms with Crippen molar-refractivity contribution >= 4 is 5.91 Å². The molecular formula is C13H19NO2. The zero-order valence-electron chi connectivity index (χ0n) is 10.1. The molecule has 88 valence electrons. The van der Waals surface area contributed by atoms with Gasteiger partial charge in [0.2, 0.25) is 5.91 Å². The quantitative estimate of drug-likeness (QED) is 0.828. The summed E-state index contributed by atoms with van der Waals surface area (Å²) in [6, 6.07) is 8.00. The lowest BCUT2D eigenvalue weighted by Crippen LogP contribution is -2.20. The van der Waals surface area contributed by atoms with E-state index >= 15 is 0 Å². The van der Waals surface area contributed by atoms with E-state index in [1.54, 1.807) is 7.05 Å². The number of carbonyl (C=O) groups excluding carboxylic acids is 1. The van der Waals surface area contributed by atoms with Crippen LogP contribution in [0.25, 0.3) is 0 Å². The maximum atomic E-state index is 11.0. The van der Waals surface area contributed by atoms with Crippen LogP contribution in [0, 0.1) is 0 Å². The molecule has 3 nitrogen and oxygen atoms in total. The highest BCUT2D eigenvalue weighted by atomic mass is 16.5. The molecule has 1 amide bonds. The molecule has 16 heavy (non-hydrogen) atoms. The highest BCUT2D eigenvalue weighted by Gasteiger charge is 2.01. The maximum Gasteiger partial charge on any atom is 0.223 e. The van der Waals surface area contributed by atoms with Crippen molar-refractivity contribution in [3.05, 3.63) is 29.8 Å². The van der Waals surface area contributed by atoms with Gasteiger partial charge in [-0.15, -0.1) is 0 Å². The van der Waals surface area contributed by atoms with Crippen LogP contribution >= 0.6 is 0 Å². The second-order valence-electron chi connectivity index (χ2n) is 4.00. The van der Waals surface area contributed by atoms with Gasteiger partial charge < -0.3 is 10.1 Å². The molecule has 0 fully saturated rings. The molecule has 0 aromatic heterocycles. The smallest absolute Gasteiger partial charge is 0.223 e. The predicted molar refractivity (Wildman–Crippen MR) is 64.7 cm³/mol. The third-order valence-electron chi connectivity index (χ3n) is 2.42. The average Bonchev–Trinajstić information content (AvgIpc) is 2.29. The fraction of sp³-hybridized carbons (Fsp3) is 0.462. The summed E-state index contributed by atoms with van der Waals surface area (Å²) in [4.78, 5) is 11.0. The van der Waals surface area contributed by atoms with E-state index in [0.29, 0.717) is 18.9 Å². The van der Waals surface area contributed by atoms with E-state index in [1.807, 2.05) is 12.1 Å². The molecule has 0 saturated carbocycles. The Hall–Kier alpha value is -1.51.